The highest BCUT2D eigenvalue weighted by Crippen LogP contribution is 2.23. The molecule has 70 valence electrons. The van der Waals surface area contributed by atoms with Gasteiger partial charge in [0, 0.05) is 5.41 Å². The van der Waals surface area contributed by atoms with E-state index in [-0.39, 0.29) is 6.42 Å². The Hall–Kier alpha value is -1.10. The molecule has 0 aliphatic rings. The molecule has 0 fully saturated rings. The van der Waals surface area contributed by atoms with Gasteiger partial charge in [-0.25, -0.2) is 0 Å². The molecule has 0 aliphatic heterocycles. The lowest BCUT2D eigenvalue weighted by Gasteiger charge is -2.26. The maximum atomic E-state index is 10.4. The van der Waals surface area contributed by atoms with Gasteiger partial charge < -0.3 is 15.9 Å². The summed E-state index contributed by atoms with van der Waals surface area (Å²) in [6.45, 7) is 3.03. The lowest BCUT2D eigenvalue weighted by molar-refractivity contribution is -0.144. The van der Waals surface area contributed by atoms with Crippen molar-refractivity contribution in [3.05, 3.63) is 0 Å². The lowest BCUT2D eigenvalue weighted by atomic mass is 9.82. The highest BCUT2D eigenvalue weighted by Gasteiger charge is 2.33. The van der Waals surface area contributed by atoms with Crippen molar-refractivity contribution in [3.63, 3.8) is 0 Å². The van der Waals surface area contributed by atoms with Crippen molar-refractivity contribution in [1.82, 2.24) is 0 Å². The molecule has 0 bridgehead atoms. The molecule has 0 aromatic rings. The largest absolute Gasteiger partial charge is 0.481 e. The van der Waals surface area contributed by atoms with Crippen LogP contribution in [-0.2, 0) is 9.59 Å². The predicted molar refractivity (Wildman–Crippen MR) is 41.6 cm³/mol. The van der Waals surface area contributed by atoms with Crippen LogP contribution < -0.4 is 5.73 Å². The van der Waals surface area contributed by atoms with E-state index in [1.165, 1.54) is 13.8 Å². The number of hydrogen-bond donors (Lipinski definition) is 3. The maximum absolute atomic E-state index is 10.4. The van der Waals surface area contributed by atoms with Gasteiger partial charge in [0.1, 0.15) is 6.04 Å². The van der Waals surface area contributed by atoms with Gasteiger partial charge >= 0.3 is 11.9 Å². The van der Waals surface area contributed by atoms with Crippen molar-refractivity contribution in [2.75, 3.05) is 0 Å². The number of rotatable bonds is 4. The van der Waals surface area contributed by atoms with Crippen LogP contribution in [0, 0.1) is 5.41 Å². The minimum absolute atomic E-state index is 0.250. The highest BCUT2D eigenvalue weighted by molar-refractivity contribution is 5.76. The fraction of sp³-hybridized carbons (Fsp3) is 0.714. The summed E-state index contributed by atoms with van der Waals surface area (Å²) in [4.78, 5) is 20.7. The molecule has 0 aromatic carbocycles. The quantitative estimate of drug-likeness (QED) is 0.553. The Morgan fingerprint density at radius 1 is 1.42 bits per heavy atom. The van der Waals surface area contributed by atoms with Crippen LogP contribution in [0.3, 0.4) is 0 Å². The smallest absolute Gasteiger partial charge is 0.321 e. The molecule has 0 saturated carbocycles. The van der Waals surface area contributed by atoms with Crippen LogP contribution in [0.5, 0.6) is 0 Å². The standard InChI is InChI=1S/C7H13NO4/c1-7(2,3-4(9)10)5(8)6(11)12/h5H,3,8H2,1-2H3,(H,9,10)(H,11,12). The number of carboxylic acid groups (broad SMARTS) is 2. The average molecular weight is 175 g/mol. The van der Waals surface area contributed by atoms with Crippen molar-refractivity contribution in [2.45, 2.75) is 26.3 Å². The van der Waals surface area contributed by atoms with Gasteiger partial charge in [-0.1, -0.05) is 13.8 Å². The molecular weight excluding hydrogens is 162 g/mol. The fourth-order valence-electron chi connectivity index (χ4n) is 0.834. The second-order valence-electron chi connectivity index (χ2n) is 3.38. The Kier molecular flexibility index (Phi) is 3.21. The Morgan fingerprint density at radius 2 is 1.83 bits per heavy atom. The highest BCUT2D eigenvalue weighted by atomic mass is 16.4. The summed E-state index contributed by atoms with van der Waals surface area (Å²) >= 11 is 0. The molecule has 0 aliphatic carbocycles. The molecule has 0 heterocycles. The number of carbonyl (C=O) groups is 2. The van der Waals surface area contributed by atoms with Gasteiger partial charge in [0.25, 0.3) is 0 Å². The molecule has 5 nitrogen and oxygen atoms in total. The molecule has 0 rings (SSSR count). The summed E-state index contributed by atoms with van der Waals surface area (Å²) < 4.78 is 0. The first-order valence-corrected chi connectivity index (χ1v) is 3.47. The van der Waals surface area contributed by atoms with Crippen LogP contribution in [0.15, 0.2) is 0 Å². The van der Waals surface area contributed by atoms with Crippen molar-refractivity contribution in [3.8, 4) is 0 Å². The van der Waals surface area contributed by atoms with E-state index in [4.69, 9.17) is 15.9 Å². The first-order chi connectivity index (χ1) is 5.27. The van der Waals surface area contributed by atoms with Crippen LogP contribution in [0.25, 0.3) is 0 Å². The van der Waals surface area contributed by atoms with Crippen LogP contribution in [0.2, 0.25) is 0 Å². The van der Waals surface area contributed by atoms with Crippen molar-refractivity contribution in [1.29, 1.82) is 0 Å². The van der Waals surface area contributed by atoms with Crippen LogP contribution in [0.1, 0.15) is 20.3 Å². The van der Waals surface area contributed by atoms with Crippen LogP contribution >= 0.6 is 0 Å². The Morgan fingerprint density at radius 3 is 2.08 bits per heavy atom. The predicted octanol–water partition coefficient (Wildman–Crippen LogP) is -0.101. The first kappa shape index (κ1) is 10.9. The molecule has 5 heteroatoms. The van der Waals surface area contributed by atoms with Gasteiger partial charge in [-0.3, -0.25) is 9.59 Å². The zero-order valence-corrected chi connectivity index (χ0v) is 7.07. The Balaban J connectivity index is 4.38. The summed E-state index contributed by atoms with van der Waals surface area (Å²) in [7, 11) is 0. The van der Waals surface area contributed by atoms with E-state index in [1.54, 1.807) is 0 Å². The second kappa shape index (κ2) is 3.53. The van der Waals surface area contributed by atoms with Gasteiger partial charge in [0.2, 0.25) is 0 Å². The van der Waals surface area contributed by atoms with E-state index in [1.807, 2.05) is 0 Å². The van der Waals surface area contributed by atoms with E-state index in [9.17, 15) is 9.59 Å². The summed E-state index contributed by atoms with van der Waals surface area (Å²) in [5, 5.41) is 16.9. The summed E-state index contributed by atoms with van der Waals surface area (Å²) in [6, 6.07) is -1.14. The number of nitrogens with two attached hydrogens (primary N) is 1. The molecule has 0 saturated heterocycles. The number of aliphatic carboxylic acids is 2. The third-order valence-corrected chi connectivity index (χ3v) is 1.71. The minimum atomic E-state index is -1.18. The Bertz CT molecular complexity index is 200. The lowest BCUT2D eigenvalue weighted by Crippen LogP contribution is -2.44. The molecule has 1 unspecified atom stereocenters. The van der Waals surface area contributed by atoms with E-state index < -0.39 is 23.4 Å². The van der Waals surface area contributed by atoms with Gasteiger partial charge in [-0.2, -0.15) is 0 Å². The van der Waals surface area contributed by atoms with E-state index >= 15 is 0 Å². The van der Waals surface area contributed by atoms with E-state index in [2.05, 4.69) is 0 Å². The molecule has 4 N–H and O–H groups in total. The van der Waals surface area contributed by atoms with Gasteiger partial charge in [0.05, 0.1) is 6.42 Å². The first-order valence-electron chi connectivity index (χ1n) is 3.47. The summed E-state index contributed by atoms with van der Waals surface area (Å²) in [5.74, 6) is -2.22. The fourth-order valence-corrected chi connectivity index (χ4v) is 0.834. The zero-order valence-electron chi connectivity index (χ0n) is 7.07. The van der Waals surface area contributed by atoms with Gasteiger partial charge in [0.15, 0.2) is 0 Å². The average Bonchev–Trinajstić information content (AvgIpc) is 1.82. The molecule has 0 spiro atoms. The molecule has 0 radical (unpaired) electrons. The summed E-state index contributed by atoms with van der Waals surface area (Å²) in [6.07, 6.45) is -0.250. The van der Waals surface area contributed by atoms with Crippen LogP contribution in [-0.4, -0.2) is 28.2 Å². The third-order valence-electron chi connectivity index (χ3n) is 1.71. The van der Waals surface area contributed by atoms with Crippen molar-refractivity contribution >= 4 is 11.9 Å². The second-order valence-corrected chi connectivity index (χ2v) is 3.38. The third kappa shape index (κ3) is 2.87. The topological polar surface area (TPSA) is 101 Å². The van der Waals surface area contributed by atoms with Crippen molar-refractivity contribution in [2.24, 2.45) is 11.1 Å². The molecule has 1 atom stereocenters. The monoisotopic (exact) mass is 175 g/mol. The molecule has 0 aromatic heterocycles. The van der Waals surface area contributed by atoms with E-state index in [0.29, 0.717) is 0 Å². The zero-order chi connectivity index (χ0) is 9.94. The normalized spacial score (nSPS) is 13.9. The SMILES string of the molecule is CC(C)(CC(=O)O)C(N)C(=O)O. The van der Waals surface area contributed by atoms with Crippen molar-refractivity contribution < 1.29 is 19.8 Å². The van der Waals surface area contributed by atoms with Gasteiger partial charge in [-0.05, 0) is 0 Å². The molecule has 12 heavy (non-hydrogen) atoms. The Labute approximate surface area is 70.2 Å². The van der Waals surface area contributed by atoms with Gasteiger partial charge in [-0.15, -0.1) is 0 Å². The molecule has 0 amide bonds. The number of hydrogen-bond acceptors (Lipinski definition) is 3. The molecular formula is C7H13NO4. The van der Waals surface area contributed by atoms with Crippen LogP contribution in [0.4, 0.5) is 0 Å². The maximum Gasteiger partial charge on any atom is 0.321 e. The minimum Gasteiger partial charge on any atom is -0.481 e. The summed E-state index contributed by atoms with van der Waals surface area (Å²) in [5.41, 5.74) is 4.36. The van der Waals surface area contributed by atoms with E-state index in [0.717, 1.165) is 0 Å². The number of carboxylic acids is 2.